The third-order valence-electron chi connectivity index (χ3n) is 4.43. The largest absolute Gasteiger partial charge is 0.316 e. The Kier molecular flexibility index (Phi) is 3.64. The van der Waals surface area contributed by atoms with Crippen molar-refractivity contribution in [3.05, 3.63) is 66.2 Å². The number of hydrogen-bond acceptors (Lipinski definition) is 3. The molecule has 1 saturated heterocycles. The van der Waals surface area contributed by atoms with Crippen LogP contribution < -0.4 is 5.32 Å². The van der Waals surface area contributed by atoms with Crippen molar-refractivity contribution in [2.24, 2.45) is 5.92 Å². The van der Waals surface area contributed by atoms with Crippen LogP contribution in [0.3, 0.4) is 0 Å². The van der Waals surface area contributed by atoms with E-state index in [0.717, 1.165) is 40.8 Å². The molecule has 114 valence electrons. The van der Waals surface area contributed by atoms with Gasteiger partial charge in [0.2, 0.25) is 0 Å². The molecule has 23 heavy (non-hydrogen) atoms. The number of Topliss-reactive ketones (excluding diaryl/α,β-unsaturated/α-hetero) is 1. The number of ketones is 1. The van der Waals surface area contributed by atoms with Crippen LogP contribution in [0.15, 0.2) is 60.7 Å². The lowest BCUT2D eigenvalue weighted by Crippen LogP contribution is -2.42. The Bertz CT molecular complexity index is 854. The van der Waals surface area contributed by atoms with Crippen molar-refractivity contribution in [1.82, 2.24) is 10.3 Å². The van der Waals surface area contributed by atoms with E-state index in [4.69, 9.17) is 4.98 Å². The monoisotopic (exact) mass is 302 g/mol. The zero-order valence-electron chi connectivity index (χ0n) is 12.8. The van der Waals surface area contributed by atoms with Crippen molar-refractivity contribution in [1.29, 1.82) is 0 Å². The number of para-hydroxylation sites is 1. The van der Waals surface area contributed by atoms with Gasteiger partial charge >= 0.3 is 0 Å². The fourth-order valence-electron chi connectivity index (χ4n) is 3.03. The van der Waals surface area contributed by atoms with Gasteiger partial charge in [-0.1, -0.05) is 48.5 Å². The number of fused-ring (bicyclic) bond motifs is 1. The van der Waals surface area contributed by atoms with Crippen LogP contribution in [0, 0.1) is 5.92 Å². The van der Waals surface area contributed by atoms with Gasteiger partial charge in [-0.25, -0.2) is 4.98 Å². The number of nitrogens with one attached hydrogen (secondary N) is 1. The smallest absolute Gasteiger partial charge is 0.164 e. The maximum atomic E-state index is 12.8. The highest BCUT2D eigenvalue weighted by Gasteiger charge is 2.22. The molecule has 0 aliphatic carbocycles. The Balaban J connectivity index is 1.82. The number of nitrogens with zero attached hydrogens (tertiary/aromatic N) is 1. The summed E-state index contributed by atoms with van der Waals surface area (Å²) in [4.78, 5) is 17.5. The Morgan fingerprint density at radius 2 is 1.78 bits per heavy atom. The van der Waals surface area contributed by atoms with Gasteiger partial charge in [0.1, 0.15) is 0 Å². The molecule has 1 aliphatic rings. The van der Waals surface area contributed by atoms with Crippen LogP contribution in [0.2, 0.25) is 0 Å². The summed E-state index contributed by atoms with van der Waals surface area (Å²) in [5.74, 6) is 0.682. The van der Waals surface area contributed by atoms with E-state index in [0.29, 0.717) is 12.3 Å². The quantitative estimate of drug-likeness (QED) is 0.747. The summed E-state index contributed by atoms with van der Waals surface area (Å²) in [7, 11) is 0. The van der Waals surface area contributed by atoms with E-state index in [9.17, 15) is 4.79 Å². The molecule has 3 heteroatoms. The molecular weight excluding hydrogens is 284 g/mol. The molecule has 0 amide bonds. The minimum absolute atomic E-state index is 0.215. The van der Waals surface area contributed by atoms with Crippen LogP contribution in [0.25, 0.3) is 22.2 Å². The zero-order valence-corrected chi connectivity index (χ0v) is 12.8. The van der Waals surface area contributed by atoms with Crippen molar-refractivity contribution >= 4 is 16.7 Å². The molecular formula is C20H18N2O. The van der Waals surface area contributed by atoms with Gasteiger partial charge in [0, 0.05) is 22.9 Å². The average molecular weight is 302 g/mol. The zero-order chi connectivity index (χ0) is 15.6. The lowest BCUT2D eigenvalue weighted by atomic mass is 9.91. The number of benzene rings is 2. The molecule has 0 bridgehead atoms. The predicted octanol–water partition coefficient (Wildman–Crippen LogP) is 3.69. The third kappa shape index (κ3) is 2.76. The highest BCUT2D eigenvalue weighted by atomic mass is 16.1. The standard InChI is InChI=1S/C20H18N2O/c23-20(10-14-12-21-13-14)17-11-19(15-6-2-1-3-7-15)22-18-9-5-4-8-16(17)18/h1-9,11,14,21H,10,12-13H2. The van der Waals surface area contributed by atoms with Crippen LogP contribution in [0.4, 0.5) is 0 Å². The lowest BCUT2D eigenvalue weighted by Gasteiger charge is -2.26. The van der Waals surface area contributed by atoms with E-state index < -0.39 is 0 Å². The Morgan fingerprint density at radius 3 is 2.52 bits per heavy atom. The van der Waals surface area contributed by atoms with Crippen molar-refractivity contribution in [3.63, 3.8) is 0 Å². The fourth-order valence-corrected chi connectivity index (χ4v) is 3.03. The second-order valence-corrected chi connectivity index (χ2v) is 6.09. The molecule has 1 aromatic heterocycles. The first-order valence-electron chi connectivity index (χ1n) is 8.00. The number of carbonyl (C=O) groups is 1. The van der Waals surface area contributed by atoms with Crippen LogP contribution in [0.5, 0.6) is 0 Å². The topological polar surface area (TPSA) is 42.0 Å². The van der Waals surface area contributed by atoms with E-state index >= 15 is 0 Å². The number of carbonyl (C=O) groups excluding carboxylic acids is 1. The highest BCUT2D eigenvalue weighted by molar-refractivity contribution is 6.08. The average Bonchev–Trinajstić information content (AvgIpc) is 2.57. The minimum atomic E-state index is 0.215. The van der Waals surface area contributed by atoms with Crippen molar-refractivity contribution in [2.75, 3.05) is 13.1 Å². The molecule has 1 N–H and O–H groups in total. The third-order valence-corrected chi connectivity index (χ3v) is 4.43. The van der Waals surface area contributed by atoms with Crippen LogP contribution in [-0.4, -0.2) is 23.9 Å². The van der Waals surface area contributed by atoms with E-state index in [-0.39, 0.29) is 5.78 Å². The van der Waals surface area contributed by atoms with Crippen LogP contribution in [-0.2, 0) is 0 Å². The maximum Gasteiger partial charge on any atom is 0.164 e. The molecule has 0 unspecified atom stereocenters. The van der Waals surface area contributed by atoms with Crippen molar-refractivity contribution < 1.29 is 4.79 Å². The maximum absolute atomic E-state index is 12.8. The molecule has 2 heterocycles. The summed E-state index contributed by atoms with van der Waals surface area (Å²) in [6, 6.07) is 19.9. The van der Waals surface area contributed by atoms with Gasteiger partial charge in [0.15, 0.2) is 5.78 Å². The SMILES string of the molecule is O=C(CC1CNC1)c1cc(-c2ccccc2)nc2ccccc12. The number of rotatable bonds is 4. The van der Waals surface area contributed by atoms with Gasteiger partial charge in [-0.2, -0.15) is 0 Å². The molecule has 3 aromatic rings. The van der Waals surface area contributed by atoms with E-state index in [2.05, 4.69) is 5.32 Å². The Morgan fingerprint density at radius 1 is 1.04 bits per heavy atom. The van der Waals surface area contributed by atoms with E-state index in [1.54, 1.807) is 0 Å². The fraction of sp³-hybridized carbons (Fsp3) is 0.200. The first-order chi connectivity index (χ1) is 11.3. The van der Waals surface area contributed by atoms with Gasteiger partial charge in [0.25, 0.3) is 0 Å². The lowest BCUT2D eigenvalue weighted by molar-refractivity contribution is 0.0947. The van der Waals surface area contributed by atoms with E-state index in [1.165, 1.54) is 0 Å². The van der Waals surface area contributed by atoms with Crippen LogP contribution >= 0.6 is 0 Å². The molecule has 0 atom stereocenters. The molecule has 0 radical (unpaired) electrons. The van der Waals surface area contributed by atoms with Gasteiger partial charge in [-0.15, -0.1) is 0 Å². The second-order valence-electron chi connectivity index (χ2n) is 6.09. The van der Waals surface area contributed by atoms with Gasteiger partial charge in [0.05, 0.1) is 11.2 Å². The number of hydrogen-bond donors (Lipinski definition) is 1. The Labute approximate surface area is 135 Å². The minimum Gasteiger partial charge on any atom is -0.316 e. The van der Waals surface area contributed by atoms with Gasteiger partial charge in [-0.05, 0) is 31.1 Å². The molecule has 0 saturated carbocycles. The molecule has 0 spiro atoms. The number of aromatic nitrogens is 1. The molecule has 3 nitrogen and oxygen atoms in total. The predicted molar refractivity (Wildman–Crippen MR) is 92.5 cm³/mol. The first-order valence-corrected chi connectivity index (χ1v) is 8.00. The first kappa shape index (κ1) is 14.1. The Hall–Kier alpha value is -2.52. The van der Waals surface area contributed by atoms with Gasteiger partial charge < -0.3 is 5.32 Å². The molecule has 4 rings (SSSR count). The summed E-state index contributed by atoms with van der Waals surface area (Å²) < 4.78 is 0. The second kappa shape index (κ2) is 5.94. The molecule has 1 fully saturated rings. The summed E-state index contributed by atoms with van der Waals surface area (Å²) in [6.45, 7) is 1.89. The van der Waals surface area contributed by atoms with Crippen LogP contribution in [0.1, 0.15) is 16.8 Å². The molecule has 2 aromatic carbocycles. The van der Waals surface area contributed by atoms with Gasteiger partial charge in [-0.3, -0.25) is 4.79 Å². The summed E-state index contributed by atoms with van der Waals surface area (Å²) in [6.07, 6.45) is 0.606. The normalized spacial score (nSPS) is 14.6. The van der Waals surface area contributed by atoms with Crippen molar-refractivity contribution in [3.8, 4) is 11.3 Å². The van der Waals surface area contributed by atoms with Crippen molar-refractivity contribution in [2.45, 2.75) is 6.42 Å². The molecule has 1 aliphatic heterocycles. The highest BCUT2D eigenvalue weighted by Crippen LogP contribution is 2.26. The summed E-state index contributed by atoms with van der Waals surface area (Å²) in [5.41, 5.74) is 3.57. The summed E-state index contributed by atoms with van der Waals surface area (Å²) in [5, 5.41) is 4.18. The number of pyridine rings is 1. The summed E-state index contributed by atoms with van der Waals surface area (Å²) >= 11 is 0. The van der Waals surface area contributed by atoms with E-state index in [1.807, 2.05) is 60.7 Å².